The lowest BCUT2D eigenvalue weighted by molar-refractivity contribution is -0.133. The van der Waals surface area contributed by atoms with Gasteiger partial charge in [0, 0.05) is 57.2 Å². The van der Waals surface area contributed by atoms with Crippen molar-refractivity contribution in [3.8, 4) is 5.75 Å². The molecule has 0 unspecified atom stereocenters. The summed E-state index contributed by atoms with van der Waals surface area (Å²) in [4.78, 5) is 73.8. The highest BCUT2D eigenvalue weighted by Crippen LogP contribution is 2.25. The lowest BCUT2D eigenvalue weighted by Crippen LogP contribution is -2.57. The average molecular weight is 765 g/mol. The van der Waals surface area contributed by atoms with Gasteiger partial charge >= 0.3 is 0 Å². The van der Waals surface area contributed by atoms with E-state index < -0.39 is 47.8 Å². The molecule has 3 aromatic carbocycles. The third kappa shape index (κ3) is 12.8. The van der Waals surface area contributed by atoms with E-state index in [0.29, 0.717) is 12.2 Å². The Morgan fingerprint density at radius 1 is 0.768 bits per heavy atom. The van der Waals surface area contributed by atoms with Crippen LogP contribution in [0.1, 0.15) is 55.5 Å². The van der Waals surface area contributed by atoms with Crippen LogP contribution in [-0.2, 0) is 43.2 Å². The molecule has 4 atom stereocenters. The van der Waals surface area contributed by atoms with E-state index in [9.17, 15) is 24.0 Å². The Hall–Kier alpha value is -6.02. The van der Waals surface area contributed by atoms with Crippen LogP contribution in [-0.4, -0.2) is 94.3 Å². The highest BCUT2D eigenvalue weighted by atomic mass is 16.5. The number of aromatic nitrogens is 2. The van der Waals surface area contributed by atoms with Crippen LogP contribution in [0.15, 0.2) is 97.5 Å². The number of hydrogen-bond acceptors (Lipinski definition) is 8. The number of para-hydroxylation sites is 1. The van der Waals surface area contributed by atoms with Crippen molar-refractivity contribution in [2.75, 3.05) is 19.6 Å². The summed E-state index contributed by atoms with van der Waals surface area (Å²) < 4.78 is 6.46. The molecule has 7 N–H and O–H groups in total. The minimum Gasteiger partial charge on any atom is -0.490 e. The summed E-state index contributed by atoms with van der Waals surface area (Å²) in [5.41, 5.74) is 9.33. The Morgan fingerprint density at radius 2 is 1.38 bits per heavy atom. The largest absolute Gasteiger partial charge is 0.490 e. The summed E-state index contributed by atoms with van der Waals surface area (Å²) in [6, 6.07) is 23.5. The summed E-state index contributed by atoms with van der Waals surface area (Å²) >= 11 is 0. The van der Waals surface area contributed by atoms with E-state index in [2.05, 4.69) is 54.3 Å². The molecule has 1 aliphatic rings. The van der Waals surface area contributed by atoms with E-state index in [1.54, 1.807) is 6.20 Å². The zero-order valence-corrected chi connectivity index (χ0v) is 31.9. The van der Waals surface area contributed by atoms with Crippen LogP contribution in [0.25, 0.3) is 0 Å². The van der Waals surface area contributed by atoms with Crippen LogP contribution in [0.3, 0.4) is 0 Å². The number of ether oxygens (including phenoxy) is 1. The molecule has 5 amide bonds. The van der Waals surface area contributed by atoms with Gasteiger partial charge in [-0.1, -0.05) is 78.9 Å². The molecule has 2 heterocycles. The number of likely N-dealkylation sites (tertiary alicyclic amines) is 1. The first kappa shape index (κ1) is 41.1. The molecule has 4 aromatic rings. The van der Waals surface area contributed by atoms with Crippen LogP contribution < -0.4 is 31.7 Å². The second-order valence-corrected chi connectivity index (χ2v) is 14.2. The van der Waals surface area contributed by atoms with E-state index in [4.69, 9.17) is 10.5 Å². The first-order chi connectivity index (χ1) is 27.0. The van der Waals surface area contributed by atoms with Gasteiger partial charge in [0.05, 0.1) is 6.33 Å². The molecule has 5 rings (SSSR count). The smallest absolute Gasteiger partial charge is 0.243 e. The lowest BCUT2D eigenvalue weighted by Gasteiger charge is -2.32. The maximum atomic E-state index is 13.5. The van der Waals surface area contributed by atoms with Crippen LogP contribution in [0.5, 0.6) is 5.75 Å². The minimum absolute atomic E-state index is 0.0720. The van der Waals surface area contributed by atoms with Gasteiger partial charge in [-0.3, -0.25) is 24.0 Å². The van der Waals surface area contributed by atoms with Gasteiger partial charge < -0.3 is 41.6 Å². The fourth-order valence-corrected chi connectivity index (χ4v) is 6.52. The number of nitrogens with two attached hydrogens (primary N) is 1. The van der Waals surface area contributed by atoms with E-state index in [1.165, 1.54) is 25.7 Å². The van der Waals surface area contributed by atoms with Gasteiger partial charge in [-0.05, 0) is 49.4 Å². The van der Waals surface area contributed by atoms with Crippen LogP contribution in [0.4, 0.5) is 0 Å². The number of nitrogens with one attached hydrogen (secondary N) is 5. The molecule has 14 nitrogen and oxygen atoms in total. The van der Waals surface area contributed by atoms with Gasteiger partial charge in [0.15, 0.2) is 0 Å². The number of imidazole rings is 1. The fraction of sp³-hybridized carbons (Fsp3) is 0.381. The second-order valence-electron chi connectivity index (χ2n) is 14.2. The average Bonchev–Trinajstić information content (AvgIpc) is 3.72. The summed E-state index contributed by atoms with van der Waals surface area (Å²) in [5, 5.41) is 10.6. The number of carbonyl (C=O) groups is 5. The molecule has 0 aliphatic carbocycles. The highest BCUT2D eigenvalue weighted by molar-refractivity contribution is 5.95. The summed E-state index contributed by atoms with van der Waals surface area (Å²) in [6.07, 6.45) is 6.05. The SMILES string of the molecule is C[C@H](NC(=O)[C@H](C)NC(=O)[C@H](Cc1cnc[nH]1)NC(=O)CCN1CCC(Oc2ccccc2Cc2ccccc2)CC1)C(=O)N[C@H](Cc1ccccc1)C(N)=O. The molecular formula is C42H52N8O6. The predicted molar refractivity (Wildman–Crippen MR) is 211 cm³/mol. The molecule has 1 saturated heterocycles. The number of H-pyrrole nitrogens is 1. The topological polar surface area (TPSA) is 201 Å². The number of nitrogens with zero attached hydrogens (tertiary/aromatic N) is 2. The summed E-state index contributed by atoms with van der Waals surface area (Å²) in [6.45, 7) is 5.00. The molecule has 14 heteroatoms. The van der Waals surface area contributed by atoms with E-state index in [-0.39, 0.29) is 31.3 Å². The number of piperidine rings is 1. The molecule has 0 saturated carbocycles. The van der Waals surface area contributed by atoms with Crippen molar-refractivity contribution in [1.82, 2.24) is 36.1 Å². The molecular weight excluding hydrogens is 713 g/mol. The third-order valence-corrected chi connectivity index (χ3v) is 9.77. The van der Waals surface area contributed by atoms with Gasteiger partial charge in [0.25, 0.3) is 0 Å². The Kier molecular flexibility index (Phi) is 15.1. The van der Waals surface area contributed by atoms with Gasteiger partial charge in [-0.15, -0.1) is 0 Å². The maximum Gasteiger partial charge on any atom is 0.243 e. The highest BCUT2D eigenvalue weighted by Gasteiger charge is 2.29. The molecule has 1 fully saturated rings. The van der Waals surface area contributed by atoms with Gasteiger partial charge in [-0.2, -0.15) is 0 Å². The number of carbonyl (C=O) groups excluding carboxylic acids is 5. The Morgan fingerprint density at radius 3 is 2.02 bits per heavy atom. The monoisotopic (exact) mass is 764 g/mol. The summed E-state index contributed by atoms with van der Waals surface area (Å²) in [5.74, 6) is -1.93. The standard InChI is InChI=1S/C42H52N8O6/c1-28(40(53)46-29(2)41(54)49-35(39(43)52)24-31-13-7-4-8-14-31)47-42(55)36(25-33-26-44-27-45-33)48-38(51)19-22-50-20-17-34(18-21-50)56-37-16-10-9-15-32(37)23-30-11-5-3-6-12-30/h3-16,26-29,34-36H,17-25H2,1-2H3,(H2,43,52)(H,44,45)(H,46,53)(H,47,55)(H,48,51)(H,49,54)/t28-,29-,35+,36-/m0/s1. The minimum atomic E-state index is -1.05. The molecule has 1 aromatic heterocycles. The predicted octanol–water partition coefficient (Wildman–Crippen LogP) is 2.18. The molecule has 1 aliphatic heterocycles. The fourth-order valence-electron chi connectivity index (χ4n) is 6.52. The zero-order valence-electron chi connectivity index (χ0n) is 31.9. The van der Waals surface area contributed by atoms with Crippen LogP contribution >= 0.6 is 0 Å². The number of aromatic amines is 1. The molecule has 0 radical (unpaired) electrons. The Balaban J connectivity index is 1.07. The van der Waals surface area contributed by atoms with E-state index >= 15 is 0 Å². The molecule has 56 heavy (non-hydrogen) atoms. The number of rotatable bonds is 19. The molecule has 0 bridgehead atoms. The van der Waals surface area contributed by atoms with Gasteiger partial charge in [0.1, 0.15) is 36.0 Å². The van der Waals surface area contributed by atoms with Crippen LogP contribution in [0, 0.1) is 0 Å². The van der Waals surface area contributed by atoms with Crippen molar-refractivity contribution in [1.29, 1.82) is 0 Å². The van der Waals surface area contributed by atoms with Crippen molar-refractivity contribution in [3.05, 3.63) is 120 Å². The quantitative estimate of drug-likeness (QED) is 0.0835. The Bertz CT molecular complexity index is 1880. The number of amides is 5. The molecule has 0 spiro atoms. The van der Waals surface area contributed by atoms with Crippen molar-refractivity contribution in [2.24, 2.45) is 5.73 Å². The maximum absolute atomic E-state index is 13.5. The zero-order chi connectivity index (χ0) is 39.9. The Labute approximate surface area is 327 Å². The lowest BCUT2D eigenvalue weighted by atomic mass is 10.0. The number of benzene rings is 3. The van der Waals surface area contributed by atoms with Crippen molar-refractivity contribution >= 4 is 29.5 Å². The van der Waals surface area contributed by atoms with Crippen molar-refractivity contribution in [2.45, 2.75) is 82.6 Å². The van der Waals surface area contributed by atoms with Crippen LogP contribution in [0.2, 0.25) is 0 Å². The molecule has 296 valence electrons. The third-order valence-electron chi connectivity index (χ3n) is 9.77. The van der Waals surface area contributed by atoms with Gasteiger partial charge in [-0.25, -0.2) is 4.98 Å². The number of hydrogen-bond donors (Lipinski definition) is 6. The first-order valence-corrected chi connectivity index (χ1v) is 19.1. The second kappa shape index (κ2) is 20.6. The van der Waals surface area contributed by atoms with Crippen molar-refractivity contribution in [3.63, 3.8) is 0 Å². The number of primary amides is 1. The first-order valence-electron chi connectivity index (χ1n) is 19.1. The normalized spacial score (nSPS) is 15.4. The van der Waals surface area contributed by atoms with E-state index in [0.717, 1.165) is 49.2 Å². The van der Waals surface area contributed by atoms with Crippen molar-refractivity contribution < 1.29 is 28.7 Å². The summed E-state index contributed by atoms with van der Waals surface area (Å²) in [7, 11) is 0. The van der Waals surface area contributed by atoms with E-state index in [1.807, 2.05) is 66.7 Å². The van der Waals surface area contributed by atoms with Gasteiger partial charge in [0.2, 0.25) is 29.5 Å².